The van der Waals surface area contributed by atoms with Crippen LogP contribution in [0.2, 0.25) is 0 Å². The van der Waals surface area contributed by atoms with Crippen LogP contribution in [0.1, 0.15) is 32.1 Å². The molecule has 3 rings (SSSR count). The van der Waals surface area contributed by atoms with Crippen molar-refractivity contribution in [1.82, 2.24) is 0 Å². The summed E-state index contributed by atoms with van der Waals surface area (Å²) >= 11 is 0. The van der Waals surface area contributed by atoms with Gasteiger partial charge in [0.25, 0.3) is 0 Å². The first-order chi connectivity index (χ1) is 9.06. The van der Waals surface area contributed by atoms with Crippen LogP contribution in [0.15, 0.2) is 30.3 Å². The van der Waals surface area contributed by atoms with Gasteiger partial charge < -0.3 is 10.4 Å². The van der Waals surface area contributed by atoms with Gasteiger partial charge in [-0.2, -0.15) is 0 Å². The summed E-state index contributed by atoms with van der Waals surface area (Å²) in [6.45, 7) is 0. The largest absolute Gasteiger partial charge is 0.481 e. The van der Waals surface area contributed by atoms with E-state index in [0.29, 0.717) is 32.1 Å². The van der Waals surface area contributed by atoms with Gasteiger partial charge in [-0.3, -0.25) is 9.59 Å². The summed E-state index contributed by atoms with van der Waals surface area (Å²) in [5, 5.41) is 12.3. The van der Waals surface area contributed by atoms with Gasteiger partial charge in [-0.05, 0) is 44.2 Å². The number of nitrogens with one attached hydrogen (secondary N) is 1. The van der Waals surface area contributed by atoms with Gasteiger partial charge in [0, 0.05) is 5.69 Å². The van der Waals surface area contributed by atoms with Crippen molar-refractivity contribution in [2.24, 2.45) is 10.8 Å². The molecule has 2 aliphatic rings. The highest BCUT2D eigenvalue weighted by atomic mass is 16.4. The molecule has 2 aliphatic carbocycles. The quantitative estimate of drug-likeness (QED) is 0.877. The molecular formula is C15H17NO3. The molecule has 2 saturated carbocycles. The maximum Gasteiger partial charge on any atom is 0.309 e. The Balaban J connectivity index is 1.77. The Morgan fingerprint density at radius 1 is 1.00 bits per heavy atom. The molecule has 4 nitrogen and oxygen atoms in total. The zero-order valence-corrected chi connectivity index (χ0v) is 10.7. The van der Waals surface area contributed by atoms with E-state index in [1.807, 2.05) is 30.3 Å². The van der Waals surface area contributed by atoms with Crippen LogP contribution >= 0.6 is 0 Å². The van der Waals surface area contributed by atoms with E-state index in [2.05, 4.69) is 5.32 Å². The fourth-order valence-electron chi connectivity index (χ4n) is 3.59. The summed E-state index contributed by atoms with van der Waals surface area (Å²) < 4.78 is 0. The van der Waals surface area contributed by atoms with E-state index in [9.17, 15) is 14.7 Å². The number of carbonyl (C=O) groups excluding carboxylic acids is 1. The number of anilines is 1. The summed E-state index contributed by atoms with van der Waals surface area (Å²) in [5.41, 5.74) is -0.330. The van der Waals surface area contributed by atoms with Crippen LogP contribution in [0.4, 0.5) is 5.69 Å². The van der Waals surface area contributed by atoms with Gasteiger partial charge in [-0.1, -0.05) is 18.2 Å². The minimum atomic E-state index is -0.737. The van der Waals surface area contributed by atoms with Crippen LogP contribution in [0.25, 0.3) is 0 Å². The second kappa shape index (κ2) is 4.08. The molecule has 2 fully saturated rings. The predicted octanol–water partition coefficient (Wildman–Crippen LogP) is 2.66. The molecule has 0 spiro atoms. The fourth-order valence-corrected chi connectivity index (χ4v) is 3.59. The lowest BCUT2D eigenvalue weighted by atomic mass is 9.81. The molecular weight excluding hydrogens is 242 g/mol. The summed E-state index contributed by atoms with van der Waals surface area (Å²) in [5.74, 6) is -0.751. The van der Waals surface area contributed by atoms with E-state index < -0.39 is 16.8 Å². The molecule has 0 saturated heterocycles. The van der Waals surface area contributed by atoms with Crippen LogP contribution in [-0.2, 0) is 9.59 Å². The summed E-state index contributed by atoms with van der Waals surface area (Å²) in [6, 6.07) is 9.34. The third-order valence-electron chi connectivity index (χ3n) is 4.81. The van der Waals surface area contributed by atoms with Crippen molar-refractivity contribution in [2.45, 2.75) is 32.1 Å². The predicted molar refractivity (Wildman–Crippen MR) is 70.7 cm³/mol. The lowest BCUT2D eigenvalue weighted by molar-refractivity contribution is -0.148. The number of hydrogen-bond acceptors (Lipinski definition) is 2. The van der Waals surface area contributed by atoms with Crippen LogP contribution in [0, 0.1) is 10.8 Å². The summed E-state index contributed by atoms with van der Waals surface area (Å²) in [7, 11) is 0. The third kappa shape index (κ3) is 1.82. The highest BCUT2D eigenvalue weighted by Crippen LogP contribution is 2.61. The second-order valence-corrected chi connectivity index (χ2v) is 5.86. The van der Waals surface area contributed by atoms with Gasteiger partial charge in [-0.25, -0.2) is 0 Å². The van der Waals surface area contributed by atoms with E-state index in [-0.39, 0.29) is 5.91 Å². The Labute approximate surface area is 111 Å². The maximum absolute atomic E-state index is 12.5. The lowest BCUT2D eigenvalue weighted by Gasteiger charge is -2.25. The number of aliphatic carboxylic acids is 1. The van der Waals surface area contributed by atoms with Gasteiger partial charge in [-0.15, -0.1) is 0 Å². The standard InChI is InChI=1S/C15H17NO3/c17-12(16-11-4-2-1-3-5-11)14-6-8-15(10-14,9-7-14)13(18)19/h1-5H,6-10H2,(H,16,17)(H,18,19). The molecule has 0 aliphatic heterocycles. The molecule has 0 atom stereocenters. The molecule has 0 radical (unpaired) electrons. The van der Waals surface area contributed by atoms with Gasteiger partial charge >= 0.3 is 5.97 Å². The molecule has 0 heterocycles. The third-order valence-corrected chi connectivity index (χ3v) is 4.81. The minimum absolute atomic E-state index is 0.0145. The molecule has 19 heavy (non-hydrogen) atoms. The highest BCUT2D eigenvalue weighted by Gasteiger charge is 2.61. The average Bonchev–Trinajstić information content (AvgIpc) is 2.98. The molecule has 1 aromatic rings. The zero-order chi connectivity index (χ0) is 13.5. The number of amides is 1. The molecule has 1 amide bonds. The van der Waals surface area contributed by atoms with Crippen molar-refractivity contribution in [3.8, 4) is 0 Å². The lowest BCUT2D eigenvalue weighted by Crippen LogP contribution is -2.32. The monoisotopic (exact) mass is 259 g/mol. The van der Waals surface area contributed by atoms with E-state index >= 15 is 0 Å². The number of fused-ring (bicyclic) bond motifs is 2. The second-order valence-electron chi connectivity index (χ2n) is 5.86. The van der Waals surface area contributed by atoms with E-state index in [1.165, 1.54) is 0 Å². The molecule has 4 heteroatoms. The Hall–Kier alpha value is -1.84. The number of para-hydroxylation sites is 1. The Morgan fingerprint density at radius 2 is 1.58 bits per heavy atom. The topological polar surface area (TPSA) is 66.4 Å². The van der Waals surface area contributed by atoms with Crippen molar-refractivity contribution >= 4 is 17.6 Å². The van der Waals surface area contributed by atoms with Crippen LogP contribution < -0.4 is 5.32 Å². The van der Waals surface area contributed by atoms with Crippen molar-refractivity contribution in [1.29, 1.82) is 0 Å². The van der Waals surface area contributed by atoms with Gasteiger partial charge in [0.2, 0.25) is 5.91 Å². The molecule has 0 aromatic heterocycles. The SMILES string of the molecule is O=C(O)C12CCC(C(=O)Nc3ccccc3)(CC1)C2. The fraction of sp³-hybridized carbons (Fsp3) is 0.467. The number of hydrogen-bond donors (Lipinski definition) is 2. The minimum Gasteiger partial charge on any atom is -0.481 e. The first-order valence-electron chi connectivity index (χ1n) is 6.66. The van der Waals surface area contributed by atoms with E-state index in [4.69, 9.17) is 0 Å². The van der Waals surface area contributed by atoms with Crippen molar-refractivity contribution < 1.29 is 14.7 Å². The molecule has 2 N–H and O–H groups in total. The number of carboxylic acid groups (broad SMARTS) is 1. The van der Waals surface area contributed by atoms with E-state index in [1.54, 1.807) is 0 Å². The summed E-state index contributed by atoms with van der Waals surface area (Å²) in [4.78, 5) is 23.8. The number of carbonyl (C=O) groups is 2. The Morgan fingerprint density at radius 3 is 2.11 bits per heavy atom. The summed E-state index contributed by atoms with van der Waals surface area (Å²) in [6.07, 6.45) is 3.14. The number of carboxylic acids is 1. The number of rotatable bonds is 3. The number of benzene rings is 1. The zero-order valence-electron chi connectivity index (χ0n) is 10.7. The van der Waals surface area contributed by atoms with Crippen molar-refractivity contribution in [3.05, 3.63) is 30.3 Å². The van der Waals surface area contributed by atoms with Crippen LogP contribution in [-0.4, -0.2) is 17.0 Å². The smallest absolute Gasteiger partial charge is 0.309 e. The van der Waals surface area contributed by atoms with Gasteiger partial charge in [0.1, 0.15) is 0 Å². The van der Waals surface area contributed by atoms with Crippen LogP contribution in [0.5, 0.6) is 0 Å². The van der Waals surface area contributed by atoms with Crippen molar-refractivity contribution in [3.63, 3.8) is 0 Å². The molecule has 2 bridgehead atoms. The average molecular weight is 259 g/mol. The maximum atomic E-state index is 12.5. The molecule has 100 valence electrons. The normalized spacial score (nSPS) is 32.2. The molecule has 0 unspecified atom stereocenters. The first-order valence-corrected chi connectivity index (χ1v) is 6.66. The first kappa shape index (κ1) is 12.2. The Bertz CT molecular complexity index is 515. The van der Waals surface area contributed by atoms with Crippen molar-refractivity contribution in [2.75, 3.05) is 5.32 Å². The van der Waals surface area contributed by atoms with Crippen LogP contribution in [0.3, 0.4) is 0 Å². The van der Waals surface area contributed by atoms with Gasteiger partial charge in [0.05, 0.1) is 10.8 Å². The van der Waals surface area contributed by atoms with Gasteiger partial charge in [0.15, 0.2) is 0 Å². The molecule has 1 aromatic carbocycles. The Kier molecular flexibility index (Phi) is 2.62. The van der Waals surface area contributed by atoms with E-state index in [0.717, 1.165) is 5.69 Å². The highest BCUT2D eigenvalue weighted by molar-refractivity contribution is 5.97.